The average molecular weight is 1370 g/mol. The van der Waals surface area contributed by atoms with Crippen LogP contribution in [0, 0.1) is 23.7 Å². The van der Waals surface area contributed by atoms with Crippen LogP contribution >= 0.6 is 15.6 Å². The summed E-state index contributed by atoms with van der Waals surface area (Å²) in [6, 6.07) is 0. The van der Waals surface area contributed by atoms with Crippen LogP contribution in [0.2, 0.25) is 0 Å². The molecule has 0 heterocycles. The molecule has 552 valence electrons. The molecule has 0 aromatic heterocycles. The van der Waals surface area contributed by atoms with Crippen LogP contribution in [0.3, 0.4) is 0 Å². The Hall–Kier alpha value is -1.94. The highest BCUT2D eigenvalue weighted by Gasteiger charge is 2.30. The zero-order chi connectivity index (χ0) is 68.9. The third kappa shape index (κ3) is 65.8. The van der Waals surface area contributed by atoms with E-state index in [1.54, 1.807) is 0 Å². The molecule has 0 bridgehead atoms. The van der Waals surface area contributed by atoms with Gasteiger partial charge in [-0.1, -0.05) is 319 Å². The Morgan fingerprint density at radius 1 is 0.301 bits per heavy atom. The van der Waals surface area contributed by atoms with E-state index in [1.807, 2.05) is 0 Å². The summed E-state index contributed by atoms with van der Waals surface area (Å²) in [4.78, 5) is 72.7. The molecule has 0 aliphatic heterocycles. The second-order valence-corrected chi connectivity index (χ2v) is 31.0. The van der Waals surface area contributed by atoms with Gasteiger partial charge < -0.3 is 33.8 Å². The highest BCUT2D eigenvalue weighted by molar-refractivity contribution is 7.47. The van der Waals surface area contributed by atoms with Crippen LogP contribution in [0.15, 0.2) is 0 Å². The van der Waals surface area contributed by atoms with E-state index in [4.69, 9.17) is 37.0 Å². The molecule has 0 aliphatic rings. The minimum atomic E-state index is -4.96. The first kappa shape index (κ1) is 91.1. The van der Waals surface area contributed by atoms with Gasteiger partial charge in [-0.25, -0.2) is 9.13 Å². The molecule has 0 fully saturated rings. The fourth-order valence-electron chi connectivity index (χ4n) is 11.1. The minimum Gasteiger partial charge on any atom is -0.462 e. The predicted octanol–water partition coefficient (Wildman–Crippen LogP) is 21.3. The molecule has 17 nitrogen and oxygen atoms in total. The Balaban J connectivity index is 5.21. The van der Waals surface area contributed by atoms with Crippen LogP contribution in [-0.4, -0.2) is 96.7 Å². The summed E-state index contributed by atoms with van der Waals surface area (Å²) in [5.41, 5.74) is 0. The number of hydrogen-bond donors (Lipinski definition) is 3. The van der Waals surface area contributed by atoms with Gasteiger partial charge >= 0.3 is 39.5 Å². The Kier molecular flexibility index (Phi) is 62.2. The lowest BCUT2D eigenvalue weighted by molar-refractivity contribution is -0.161. The van der Waals surface area contributed by atoms with Gasteiger partial charge in [0.25, 0.3) is 0 Å². The van der Waals surface area contributed by atoms with Crippen molar-refractivity contribution in [2.45, 2.75) is 388 Å². The molecule has 4 unspecified atom stereocenters. The summed E-state index contributed by atoms with van der Waals surface area (Å²) < 4.78 is 68.4. The van der Waals surface area contributed by atoms with Gasteiger partial charge in [0.2, 0.25) is 0 Å². The van der Waals surface area contributed by atoms with E-state index in [0.717, 1.165) is 120 Å². The van der Waals surface area contributed by atoms with Crippen LogP contribution in [0.4, 0.5) is 0 Å². The predicted molar refractivity (Wildman–Crippen MR) is 377 cm³/mol. The van der Waals surface area contributed by atoms with Gasteiger partial charge in [0.15, 0.2) is 12.2 Å². The molecule has 19 heteroatoms. The quantitative estimate of drug-likeness (QED) is 0.0222. The number of ether oxygens (including phenoxy) is 4. The monoisotopic (exact) mass is 1370 g/mol. The first-order valence-corrected chi connectivity index (χ1v) is 41.3. The van der Waals surface area contributed by atoms with Crippen LogP contribution < -0.4 is 0 Å². The molecule has 0 spiro atoms. The molecule has 0 saturated heterocycles. The summed E-state index contributed by atoms with van der Waals surface area (Å²) in [7, 11) is -9.91. The number of hydrogen-bond acceptors (Lipinski definition) is 15. The lowest BCUT2D eigenvalue weighted by atomic mass is 9.99. The van der Waals surface area contributed by atoms with Crippen molar-refractivity contribution in [3.63, 3.8) is 0 Å². The van der Waals surface area contributed by atoms with E-state index in [0.29, 0.717) is 25.7 Å². The summed E-state index contributed by atoms with van der Waals surface area (Å²) in [5, 5.41) is 10.6. The smallest absolute Gasteiger partial charge is 0.462 e. The molecule has 0 aliphatic carbocycles. The van der Waals surface area contributed by atoms with Gasteiger partial charge in [0, 0.05) is 25.7 Å². The molecule has 3 N–H and O–H groups in total. The largest absolute Gasteiger partial charge is 0.472 e. The molecule has 0 rings (SSSR count). The van der Waals surface area contributed by atoms with E-state index in [1.165, 1.54) is 167 Å². The van der Waals surface area contributed by atoms with Crippen molar-refractivity contribution >= 4 is 39.5 Å². The highest BCUT2D eigenvalue weighted by Crippen LogP contribution is 2.45. The number of phosphoric acid groups is 2. The fraction of sp³-hybridized carbons (Fsp3) is 0.946. The van der Waals surface area contributed by atoms with Gasteiger partial charge in [0.1, 0.15) is 19.3 Å². The molecule has 93 heavy (non-hydrogen) atoms. The summed E-state index contributed by atoms with van der Waals surface area (Å²) >= 11 is 0. The summed E-state index contributed by atoms with van der Waals surface area (Å²) in [6.45, 7) is 14.1. The van der Waals surface area contributed by atoms with E-state index in [9.17, 15) is 43.2 Å². The van der Waals surface area contributed by atoms with Crippen LogP contribution in [0.1, 0.15) is 370 Å². The number of unbranched alkanes of at least 4 members (excludes halogenated alkanes) is 35. The first-order valence-electron chi connectivity index (χ1n) is 38.3. The Morgan fingerprint density at radius 2 is 0.516 bits per heavy atom. The number of rotatable bonds is 71. The minimum absolute atomic E-state index is 0.104. The normalized spacial score (nSPS) is 14.8. The SMILES string of the molecule is CCC(C)CCCCCCCCCCC(=O)O[C@H](COC(=O)CCCCCCCCC(C)CC)COP(=O)(O)OC[C@H](O)COP(=O)(O)OC[C@@H](COC(=O)CCCCCCCCCCCCCCCCCCC(C)C)OC(=O)CCCCCCCCCCCC(C)C. The lowest BCUT2D eigenvalue weighted by Gasteiger charge is -2.21. The summed E-state index contributed by atoms with van der Waals surface area (Å²) in [6.07, 6.45) is 47.3. The maximum absolute atomic E-state index is 13.1. The van der Waals surface area contributed by atoms with Crippen molar-refractivity contribution in [2.24, 2.45) is 23.7 Å². The van der Waals surface area contributed by atoms with E-state index >= 15 is 0 Å². The van der Waals surface area contributed by atoms with Gasteiger partial charge in [-0.15, -0.1) is 0 Å². The number of aliphatic hydroxyl groups is 1. The molecule has 0 saturated carbocycles. The van der Waals surface area contributed by atoms with Crippen LogP contribution in [0.5, 0.6) is 0 Å². The second-order valence-electron chi connectivity index (χ2n) is 28.1. The van der Waals surface area contributed by atoms with Gasteiger partial charge in [-0.2, -0.15) is 0 Å². The number of esters is 4. The molecule has 0 aromatic rings. The van der Waals surface area contributed by atoms with Gasteiger partial charge in [-0.05, 0) is 49.4 Å². The average Bonchev–Trinajstić information content (AvgIpc) is 2.04. The molecular weight excluding hydrogens is 1220 g/mol. The van der Waals surface area contributed by atoms with Crippen molar-refractivity contribution in [2.75, 3.05) is 39.6 Å². The van der Waals surface area contributed by atoms with E-state index in [2.05, 4.69) is 55.4 Å². The number of carbonyl (C=O) groups excluding carboxylic acids is 4. The molecule has 0 radical (unpaired) electrons. The topological polar surface area (TPSA) is 237 Å². The van der Waals surface area contributed by atoms with E-state index < -0.39 is 97.5 Å². The van der Waals surface area contributed by atoms with Crippen molar-refractivity contribution in [1.29, 1.82) is 0 Å². The Morgan fingerprint density at radius 3 is 0.763 bits per heavy atom. The number of phosphoric ester groups is 2. The molecule has 0 aromatic carbocycles. The second kappa shape index (κ2) is 63.5. The third-order valence-corrected chi connectivity index (χ3v) is 19.7. The molecule has 7 atom stereocenters. The lowest BCUT2D eigenvalue weighted by Crippen LogP contribution is -2.30. The van der Waals surface area contributed by atoms with Gasteiger partial charge in [-0.3, -0.25) is 37.3 Å². The summed E-state index contributed by atoms with van der Waals surface area (Å²) in [5.74, 6) is 0.922. The third-order valence-electron chi connectivity index (χ3n) is 17.8. The number of carbonyl (C=O) groups is 4. The highest BCUT2D eigenvalue weighted by atomic mass is 31.2. The van der Waals surface area contributed by atoms with Crippen LogP contribution in [0.25, 0.3) is 0 Å². The molecule has 0 amide bonds. The standard InChI is InChI=1S/C74H144O17P2/c1-9-66(7)52-44-36-28-24-25-31-41-49-57-74(79)91-70(61-85-72(77)55-47-39-33-32-37-45-53-67(8)10-2)63-89-93(82,83)87-59-68(75)58-86-92(80,81)88-62-69(90-73(78)56-48-40-30-23-19-21-27-35-43-51-65(5)6)60-84-71(76)54-46-38-29-22-18-16-14-12-11-13-15-17-20-26-34-42-50-64(3)4/h64-70,75H,9-63H2,1-8H3,(H,80,81)(H,82,83)/t66?,67?,68-,69-,70-/m1/s1. The van der Waals surface area contributed by atoms with Crippen molar-refractivity contribution in [3.8, 4) is 0 Å². The van der Waals surface area contributed by atoms with Gasteiger partial charge in [0.05, 0.1) is 26.4 Å². The number of aliphatic hydroxyl groups excluding tert-OH is 1. The zero-order valence-corrected chi connectivity index (χ0v) is 62.7. The van der Waals surface area contributed by atoms with Crippen molar-refractivity contribution < 1.29 is 80.2 Å². The Bertz CT molecular complexity index is 1840. The van der Waals surface area contributed by atoms with Crippen LogP contribution in [-0.2, 0) is 65.4 Å². The fourth-order valence-corrected chi connectivity index (χ4v) is 12.7. The maximum Gasteiger partial charge on any atom is 0.472 e. The van der Waals surface area contributed by atoms with Crippen molar-refractivity contribution in [1.82, 2.24) is 0 Å². The molecular formula is C74H144O17P2. The Labute approximate surface area is 568 Å². The maximum atomic E-state index is 13.1. The zero-order valence-electron chi connectivity index (χ0n) is 60.9. The first-order chi connectivity index (χ1) is 44.7. The van der Waals surface area contributed by atoms with E-state index in [-0.39, 0.29) is 25.7 Å². The van der Waals surface area contributed by atoms with Crippen molar-refractivity contribution in [3.05, 3.63) is 0 Å².